The van der Waals surface area contributed by atoms with Gasteiger partial charge < -0.3 is 10.1 Å². The maximum absolute atomic E-state index is 14.1. The summed E-state index contributed by atoms with van der Waals surface area (Å²) in [6, 6.07) is 14.2. The summed E-state index contributed by atoms with van der Waals surface area (Å²) in [7, 11) is 0. The number of hydrogen-bond acceptors (Lipinski definition) is 5. The fraction of sp³-hybridized carbons (Fsp3) is 0.370. The highest BCUT2D eigenvalue weighted by Crippen LogP contribution is 2.31. The molecule has 8 heteroatoms. The van der Waals surface area contributed by atoms with Crippen LogP contribution in [0.1, 0.15) is 54.2 Å². The molecule has 0 radical (unpaired) electrons. The lowest BCUT2D eigenvalue weighted by molar-refractivity contribution is -0.120. The van der Waals surface area contributed by atoms with Crippen molar-refractivity contribution in [2.24, 2.45) is 0 Å². The number of amides is 2. The molecule has 186 valence electrons. The van der Waals surface area contributed by atoms with E-state index in [1.54, 1.807) is 49.9 Å². The molecule has 2 aromatic carbocycles. The highest BCUT2D eigenvalue weighted by atomic mass is 35.5. The summed E-state index contributed by atoms with van der Waals surface area (Å²) in [5.74, 6) is -0.267. The third-order valence-electron chi connectivity index (χ3n) is 5.25. The number of thiazole rings is 1. The Morgan fingerprint density at radius 2 is 1.69 bits per heavy atom. The molecule has 6 nitrogen and oxygen atoms in total. The first-order chi connectivity index (χ1) is 16.4. The van der Waals surface area contributed by atoms with Crippen molar-refractivity contribution in [3.8, 4) is 0 Å². The lowest BCUT2D eigenvalue weighted by Gasteiger charge is -2.29. The van der Waals surface area contributed by atoms with Crippen LogP contribution < -0.4 is 10.2 Å². The number of aryl methyl sites for hydroxylation is 3. The molecule has 0 unspecified atom stereocenters. The van der Waals surface area contributed by atoms with E-state index < -0.39 is 17.7 Å². The lowest BCUT2D eigenvalue weighted by atomic mass is 10.0. The standard InChI is InChI=1S/C27H32ClN3O3S/c1-17-7-9-20(10-8-17)15-16-31(25-18(2)29-19(3)35-25)24(32)23(21-11-13-22(28)14-12-21)30-26(33)34-27(4,5)6/h7-14,23H,15-16H2,1-6H3,(H,30,33)/t23-/m1/s1. The van der Waals surface area contributed by atoms with Crippen molar-refractivity contribution in [1.82, 2.24) is 10.3 Å². The minimum absolute atomic E-state index is 0.267. The van der Waals surface area contributed by atoms with Gasteiger partial charge >= 0.3 is 6.09 Å². The third kappa shape index (κ3) is 7.54. The zero-order valence-electron chi connectivity index (χ0n) is 21.0. The first kappa shape index (κ1) is 26.7. The van der Waals surface area contributed by atoms with Crippen LogP contribution in [0.15, 0.2) is 48.5 Å². The van der Waals surface area contributed by atoms with Crippen LogP contribution in [0.4, 0.5) is 9.80 Å². The van der Waals surface area contributed by atoms with Gasteiger partial charge in [0, 0.05) is 11.6 Å². The monoisotopic (exact) mass is 513 g/mol. The van der Waals surface area contributed by atoms with Gasteiger partial charge in [-0.2, -0.15) is 0 Å². The first-order valence-electron chi connectivity index (χ1n) is 11.5. The molecule has 1 atom stereocenters. The molecule has 2 amide bonds. The number of nitrogens with one attached hydrogen (secondary N) is 1. The van der Waals surface area contributed by atoms with Gasteiger partial charge in [-0.25, -0.2) is 9.78 Å². The summed E-state index contributed by atoms with van der Waals surface area (Å²) in [6.07, 6.45) is -0.0103. The van der Waals surface area contributed by atoms with E-state index in [4.69, 9.17) is 16.3 Å². The normalized spacial score (nSPS) is 12.2. The van der Waals surface area contributed by atoms with Gasteiger partial charge in [-0.3, -0.25) is 9.69 Å². The second-order valence-electron chi connectivity index (χ2n) is 9.48. The minimum atomic E-state index is -0.957. The Bertz CT molecular complexity index is 1170. The van der Waals surface area contributed by atoms with E-state index in [9.17, 15) is 9.59 Å². The van der Waals surface area contributed by atoms with Gasteiger partial charge in [0.15, 0.2) is 0 Å². The van der Waals surface area contributed by atoms with Crippen molar-refractivity contribution in [2.75, 3.05) is 11.4 Å². The van der Waals surface area contributed by atoms with E-state index >= 15 is 0 Å². The predicted molar refractivity (Wildman–Crippen MR) is 142 cm³/mol. The van der Waals surface area contributed by atoms with Gasteiger partial charge in [-0.15, -0.1) is 11.3 Å². The fourth-order valence-electron chi connectivity index (χ4n) is 3.60. The first-order valence-corrected chi connectivity index (χ1v) is 12.7. The molecule has 1 heterocycles. The second kappa shape index (κ2) is 11.2. The molecular weight excluding hydrogens is 482 g/mol. The number of benzene rings is 2. The van der Waals surface area contributed by atoms with Crippen LogP contribution in [-0.2, 0) is 16.0 Å². The second-order valence-corrected chi connectivity index (χ2v) is 11.1. The molecule has 3 rings (SSSR count). The summed E-state index contributed by atoms with van der Waals surface area (Å²) in [5.41, 5.74) is 2.99. The molecule has 0 aliphatic rings. The predicted octanol–water partition coefficient (Wildman–Crippen LogP) is 6.56. The Kier molecular flexibility index (Phi) is 8.56. The van der Waals surface area contributed by atoms with Crippen molar-refractivity contribution in [3.05, 3.63) is 80.9 Å². The van der Waals surface area contributed by atoms with Gasteiger partial charge in [0.2, 0.25) is 0 Å². The Morgan fingerprint density at radius 1 is 1.06 bits per heavy atom. The molecule has 0 aliphatic heterocycles. The number of hydrogen-bond donors (Lipinski definition) is 1. The average molecular weight is 514 g/mol. The molecule has 0 spiro atoms. The molecule has 35 heavy (non-hydrogen) atoms. The molecular formula is C27H32ClN3O3S. The quantitative estimate of drug-likeness (QED) is 0.388. The molecule has 0 saturated heterocycles. The highest BCUT2D eigenvalue weighted by Gasteiger charge is 2.32. The van der Waals surface area contributed by atoms with Crippen molar-refractivity contribution < 1.29 is 14.3 Å². The summed E-state index contributed by atoms with van der Waals surface area (Å²) < 4.78 is 5.46. The number of anilines is 1. The van der Waals surface area contributed by atoms with Gasteiger partial charge in [0.25, 0.3) is 5.91 Å². The number of carbonyl (C=O) groups is 2. The highest BCUT2D eigenvalue weighted by molar-refractivity contribution is 7.16. The topological polar surface area (TPSA) is 71.5 Å². The van der Waals surface area contributed by atoms with E-state index in [1.807, 2.05) is 20.8 Å². The SMILES string of the molecule is Cc1ccc(CCN(C(=O)[C@H](NC(=O)OC(C)(C)C)c2ccc(Cl)cc2)c2sc(C)nc2C)cc1. The van der Waals surface area contributed by atoms with Gasteiger partial charge in [-0.05, 0) is 71.2 Å². The van der Waals surface area contributed by atoms with E-state index in [0.29, 0.717) is 23.6 Å². The molecule has 1 N–H and O–H groups in total. The minimum Gasteiger partial charge on any atom is -0.444 e. The lowest BCUT2D eigenvalue weighted by Crippen LogP contribution is -2.45. The van der Waals surface area contributed by atoms with Crippen LogP contribution in [-0.4, -0.2) is 29.1 Å². The number of halogens is 1. The summed E-state index contributed by atoms with van der Waals surface area (Å²) >= 11 is 7.55. The van der Waals surface area contributed by atoms with Crippen LogP contribution in [0.5, 0.6) is 0 Å². The smallest absolute Gasteiger partial charge is 0.408 e. The fourth-order valence-corrected chi connectivity index (χ4v) is 4.68. The zero-order valence-corrected chi connectivity index (χ0v) is 22.6. The third-order valence-corrected chi connectivity index (χ3v) is 6.59. The summed E-state index contributed by atoms with van der Waals surface area (Å²) in [5, 5.41) is 4.96. The van der Waals surface area contributed by atoms with Crippen LogP contribution in [0.2, 0.25) is 5.02 Å². The number of carbonyl (C=O) groups excluding carboxylic acids is 2. The Labute approximate surface area is 216 Å². The van der Waals surface area contributed by atoms with Crippen LogP contribution in [0, 0.1) is 20.8 Å². The molecule has 0 saturated carbocycles. The van der Waals surface area contributed by atoms with Crippen molar-refractivity contribution >= 4 is 39.9 Å². The number of nitrogens with zero attached hydrogens (tertiary/aromatic N) is 2. The van der Waals surface area contributed by atoms with Crippen LogP contribution >= 0.6 is 22.9 Å². The van der Waals surface area contributed by atoms with E-state index in [2.05, 4.69) is 34.6 Å². The van der Waals surface area contributed by atoms with Crippen molar-refractivity contribution in [2.45, 2.75) is 59.6 Å². The maximum atomic E-state index is 14.1. The van der Waals surface area contributed by atoms with E-state index in [0.717, 1.165) is 21.3 Å². The molecule has 0 aliphatic carbocycles. The zero-order chi connectivity index (χ0) is 25.8. The van der Waals surface area contributed by atoms with Crippen molar-refractivity contribution in [3.63, 3.8) is 0 Å². The van der Waals surface area contributed by atoms with E-state index in [-0.39, 0.29) is 5.91 Å². The van der Waals surface area contributed by atoms with Crippen molar-refractivity contribution in [1.29, 1.82) is 0 Å². The molecule has 3 aromatic rings. The Balaban J connectivity index is 1.96. The number of aromatic nitrogens is 1. The summed E-state index contributed by atoms with van der Waals surface area (Å²) in [4.78, 5) is 33.0. The molecule has 0 fully saturated rings. The number of ether oxygens (including phenoxy) is 1. The average Bonchev–Trinajstić information content (AvgIpc) is 3.10. The molecule has 1 aromatic heterocycles. The van der Waals surface area contributed by atoms with Gasteiger partial charge in [0.05, 0.1) is 10.7 Å². The van der Waals surface area contributed by atoms with Crippen LogP contribution in [0.3, 0.4) is 0 Å². The largest absolute Gasteiger partial charge is 0.444 e. The van der Waals surface area contributed by atoms with Crippen LogP contribution in [0.25, 0.3) is 0 Å². The number of rotatable bonds is 7. The Hall–Kier alpha value is -2.90. The Morgan fingerprint density at radius 3 is 2.23 bits per heavy atom. The molecule has 0 bridgehead atoms. The number of alkyl carbamates (subject to hydrolysis) is 1. The van der Waals surface area contributed by atoms with Gasteiger partial charge in [-0.1, -0.05) is 53.6 Å². The van der Waals surface area contributed by atoms with Gasteiger partial charge in [0.1, 0.15) is 16.6 Å². The van der Waals surface area contributed by atoms with E-state index in [1.165, 1.54) is 16.9 Å². The maximum Gasteiger partial charge on any atom is 0.408 e. The summed E-state index contributed by atoms with van der Waals surface area (Å²) in [6.45, 7) is 11.6.